The molecule has 1 fully saturated rings. The van der Waals surface area contributed by atoms with Gasteiger partial charge in [0.1, 0.15) is 12.1 Å². The highest BCUT2D eigenvalue weighted by Crippen LogP contribution is 2.30. The molecule has 1 aromatic rings. The summed E-state index contributed by atoms with van der Waals surface area (Å²) in [6, 6.07) is 0. The van der Waals surface area contributed by atoms with Gasteiger partial charge in [0.15, 0.2) is 0 Å². The zero-order valence-electron chi connectivity index (χ0n) is 10.3. The van der Waals surface area contributed by atoms with E-state index in [1.165, 1.54) is 18.4 Å². The van der Waals surface area contributed by atoms with Crippen molar-refractivity contribution in [2.24, 2.45) is 5.92 Å². The van der Waals surface area contributed by atoms with Crippen LogP contribution < -0.4 is 4.90 Å². The molecule has 0 radical (unpaired) electrons. The summed E-state index contributed by atoms with van der Waals surface area (Å²) in [7, 11) is 0. The van der Waals surface area contributed by atoms with Gasteiger partial charge in [-0.2, -0.15) is 0 Å². The summed E-state index contributed by atoms with van der Waals surface area (Å²) in [5.74, 6) is 0.0306. The van der Waals surface area contributed by atoms with Crippen LogP contribution in [-0.4, -0.2) is 34.1 Å². The highest BCUT2D eigenvalue weighted by molar-refractivity contribution is 5.72. The van der Waals surface area contributed by atoms with E-state index in [4.69, 9.17) is 5.11 Å². The molecule has 0 amide bonds. The van der Waals surface area contributed by atoms with E-state index in [9.17, 15) is 4.79 Å². The first-order valence-corrected chi connectivity index (χ1v) is 6.56. The second-order valence-corrected chi connectivity index (χ2v) is 5.10. The van der Waals surface area contributed by atoms with E-state index in [0.717, 1.165) is 30.9 Å². The van der Waals surface area contributed by atoms with E-state index >= 15 is 0 Å². The van der Waals surface area contributed by atoms with Gasteiger partial charge in [-0.3, -0.25) is 4.79 Å². The molecule has 2 heterocycles. The van der Waals surface area contributed by atoms with Crippen molar-refractivity contribution in [1.29, 1.82) is 0 Å². The number of carboxylic acid groups (broad SMARTS) is 1. The Kier molecular flexibility index (Phi) is 2.89. The Bertz CT molecular complexity index is 475. The number of rotatable bonds is 2. The third kappa shape index (κ3) is 1.94. The van der Waals surface area contributed by atoms with Crippen molar-refractivity contribution in [3.63, 3.8) is 0 Å². The van der Waals surface area contributed by atoms with Crippen LogP contribution in [-0.2, 0) is 17.6 Å². The summed E-state index contributed by atoms with van der Waals surface area (Å²) in [6.07, 6.45) is 6.77. The standard InChI is InChI=1S/C13H17N3O2/c17-13(18)9-5-6-16(7-9)12-10-3-1-2-4-11(10)14-8-15-12/h8-9H,1-7H2,(H,17,18). The Morgan fingerprint density at radius 3 is 2.94 bits per heavy atom. The molecule has 1 N–H and O–H groups in total. The van der Waals surface area contributed by atoms with Crippen molar-refractivity contribution in [1.82, 2.24) is 9.97 Å². The molecule has 0 bridgehead atoms. The summed E-state index contributed by atoms with van der Waals surface area (Å²) in [5, 5.41) is 9.06. The quantitative estimate of drug-likeness (QED) is 0.852. The van der Waals surface area contributed by atoms with Gasteiger partial charge in [-0.25, -0.2) is 9.97 Å². The first-order chi connectivity index (χ1) is 8.75. The summed E-state index contributed by atoms with van der Waals surface area (Å²) in [4.78, 5) is 21.9. The predicted octanol–water partition coefficient (Wildman–Crippen LogP) is 1.27. The van der Waals surface area contributed by atoms with Gasteiger partial charge < -0.3 is 10.0 Å². The Balaban J connectivity index is 1.87. The van der Waals surface area contributed by atoms with Gasteiger partial charge in [-0.05, 0) is 32.1 Å². The van der Waals surface area contributed by atoms with E-state index < -0.39 is 5.97 Å². The third-order valence-electron chi connectivity index (χ3n) is 3.94. The van der Waals surface area contributed by atoms with E-state index in [0.29, 0.717) is 13.0 Å². The highest BCUT2D eigenvalue weighted by Gasteiger charge is 2.30. The molecule has 1 aliphatic heterocycles. The van der Waals surface area contributed by atoms with Gasteiger partial charge in [0.25, 0.3) is 0 Å². The molecule has 1 aromatic heterocycles. The molecule has 0 saturated carbocycles. The van der Waals surface area contributed by atoms with Crippen LogP contribution in [0.2, 0.25) is 0 Å². The van der Waals surface area contributed by atoms with Gasteiger partial charge in [0.2, 0.25) is 0 Å². The van der Waals surface area contributed by atoms with Crippen molar-refractivity contribution in [3.05, 3.63) is 17.6 Å². The number of hydrogen-bond donors (Lipinski definition) is 1. The van der Waals surface area contributed by atoms with Crippen molar-refractivity contribution in [2.75, 3.05) is 18.0 Å². The van der Waals surface area contributed by atoms with Crippen LogP contribution in [0.15, 0.2) is 6.33 Å². The van der Waals surface area contributed by atoms with Gasteiger partial charge >= 0.3 is 5.97 Å². The van der Waals surface area contributed by atoms with E-state index in [-0.39, 0.29) is 5.92 Å². The molecule has 1 unspecified atom stereocenters. The Morgan fingerprint density at radius 1 is 1.33 bits per heavy atom. The normalized spacial score (nSPS) is 22.9. The van der Waals surface area contributed by atoms with Crippen LogP contribution in [0.4, 0.5) is 5.82 Å². The second kappa shape index (κ2) is 4.55. The second-order valence-electron chi connectivity index (χ2n) is 5.10. The van der Waals surface area contributed by atoms with Gasteiger partial charge in [-0.15, -0.1) is 0 Å². The molecule has 96 valence electrons. The van der Waals surface area contributed by atoms with Crippen LogP contribution in [0.1, 0.15) is 30.5 Å². The third-order valence-corrected chi connectivity index (χ3v) is 3.94. The van der Waals surface area contributed by atoms with Crippen molar-refractivity contribution in [3.8, 4) is 0 Å². The van der Waals surface area contributed by atoms with Crippen LogP contribution in [0.25, 0.3) is 0 Å². The van der Waals surface area contributed by atoms with Crippen LogP contribution >= 0.6 is 0 Å². The summed E-state index contributed by atoms with van der Waals surface area (Å²) in [6.45, 7) is 1.37. The average Bonchev–Trinajstić information content (AvgIpc) is 2.87. The average molecular weight is 247 g/mol. The maximum Gasteiger partial charge on any atom is 0.308 e. The molecule has 18 heavy (non-hydrogen) atoms. The molecular weight excluding hydrogens is 230 g/mol. The van der Waals surface area contributed by atoms with Gasteiger partial charge in [0, 0.05) is 24.3 Å². The first kappa shape index (κ1) is 11.4. The fourth-order valence-corrected chi connectivity index (χ4v) is 2.93. The first-order valence-electron chi connectivity index (χ1n) is 6.56. The lowest BCUT2D eigenvalue weighted by Gasteiger charge is -2.24. The number of aliphatic carboxylic acids is 1. The lowest BCUT2D eigenvalue weighted by molar-refractivity contribution is -0.140. The number of anilines is 1. The number of nitrogens with zero attached hydrogens (tertiary/aromatic N) is 3. The summed E-state index contributed by atoms with van der Waals surface area (Å²) < 4.78 is 0. The number of aromatic nitrogens is 2. The molecule has 0 aromatic carbocycles. The minimum absolute atomic E-state index is 0.251. The largest absolute Gasteiger partial charge is 0.481 e. The predicted molar refractivity (Wildman–Crippen MR) is 66.6 cm³/mol. The van der Waals surface area contributed by atoms with E-state index in [2.05, 4.69) is 14.9 Å². The molecular formula is C13H17N3O2. The lowest BCUT2D eigenvalue weighted by Crippen LogP contribution is -2.26. The number of hydrogen-bond acceptors (Lipinski definition) is 4. The Hall–Kier alpha value is -1.65. The zero-order valence-corrected chi connectivity index (χ0v) is 10.3. The van der Waals surface area contributed by atoms with Crippen LogP contribution in [0.3, 0.4) is 0 Å². The van der Waals surface area contributed by atoms with Crippen LogP contribution in [0.5, 0.6) is 0 Å². The van der Waals surface area contributed by atoms with Crippen molar-refractivity contribution in [2.45, 2.75) is 32.1 Å². The van der Waals surface area contributed by atoms with E-state index in [1.807, 2.05) is 0 Å². The smallest absolute Gasteiger partial charge is 0.308 e. The molecule has 1 aliphatic carbocycles. The SMILES string of the molecule is O=C(O)C1CCN(c2ncnc3c2CCCC3)C1. The number of carboxylic acids is 1. The van der Waals surface area contributed by atoms with Crippen molar-refractivity contribution < 1.29 is 9.90 Å². The van der Waals surface area contributed by atoms with Crippen molar-refractivity contribution >= 4 is 11.8 Å². The zero-order chi connectivity index (χ0) is 12.5. The molecule has 1 saturated heterocycles. The van der Waals surface area contributed by atoms with Gasteiger partial charge in [-0.1, -0.05) is 0 Å². The molecule has 0 spiro atoms. The minimum atomic E-state index is -0.694. The number of carbonyl (C=O) groups is 1. The fourth-order valence-electron chi connectivity index (χ4n) is 2.93. The molecule has 5 nitrogen and oxygen atoms in total. The summed E-state index contributed by atoms with van der Waals surface area (Å²) in [5.41, 5.74) is 2.40. The summed E-state index contributed by atoms with van der Waals surface area (Å²) >= 11 is 0. The monoisotopic (exact) mass is 247 g/mol. The molecule has 1 atom stereocenters. The number of fused-ring (bicyclic) bond motifs is 1. The van der Waals surface area contributed by atoms with Gasteiger partial charge in [0.05, 0.1) is 5.92 Å². The molecule has 5 heteroatoms. The van der Waals surface area contributed by atoms with Crippen LogP contribution in [0, 0.1) is 5.92 Å². The highest BCUT2D eigenvalue weighted by atomic mass is 16.4. The lowest BCUT2D eigenvalue weighted by atomic mass is 9.96. The van der Waals surface area contributed by atoms with E-state index in [1.54, 1.807) is 6.33 Å². The number of aryl methyl sites for hydroxylation is 1. The molecule has 3 rings (SSSR count). The maximum absolute atomic E-state index is 11.0. The maximum atomic E-state index is 11.0. The topological polar surface area (TPSA) is 66.3 Å². The Labute approximate surface area is 106 Å². The minimum Gasteiger partial charge on any atom is -0.481 e. The Morgan fingerprint density at radius 2 is 2.17 bits per heavy atom. The fraction of sp³-hybridized carbons (Fsp3) is 0.615. The molecule has 2 aliphatic rings.